The fourth-order valence-electron chi connectivity index (χ4n) is 3.08. The minimum absolute atomic E-state index is 0.146. The van der Waals surface area contributed by atoms with Gasteiger partial charge in [-0.25, -0.2) is 0 Å². The number of benzene rings is 1. The number of hydrogen-bond acceptors (Lipinski definition) is 5. The van der Waals surface area contributed by atoms with E-state index in [2.05, 4.69) is 20.9 Å². The van der Waals surface area contributed by atoms with E-state index in [1.54, 1.807) is 13.1 Å². The third-order valence-corrected chi connectivity index (χ3v) is 4.73. The van der Waals surface area contributed by atoms with Crippen LogP contribution in [0.5, 0.6) is 0 Å². The minimum atomic E-state index is -1.69. The molecule has 2 atom stereocenters. The molecule has 1 aromatic carbocycles. The first-order valence-electron chi connectivity index (χ1n) is 10.8. The van der Waals surface area contributed by atoms with Gasteiger partial charge in [0.2, 0.25) is 11.8 Å². The van der Waals surface area contributed by atoms with Gasteiger partial charge in [0.05, 0.1) is 5.94 Å². The molecule has 0 radical (unpaired) electrons. The smallest absolute Gasteiger partial charge is 0.426 e. The number of carbonyl (C=O) groups is 2. The molecule has 32 heavy (non-hydrogen) atoms. The summed E-state index contributed by atoms with van der Waals surface area (Å²) in [6.45, 7) is 6.27. The number of guanidine groups is 1. The van der Waals surface area contributed by atoms with E-state index in [-0.39, 0.29) is 11.9 Å². The Balaban J connectivity index is 2.83. The number of rotatable bonds is 12. The Kier molecular flexibility index (Phi) is 12.1. The number of hydrogen-bond donors (Lipinski definition) is 6. The van der Waals surface area contributed by atoms with Gasteiger partial charge in [0.15, 0.2) is 5.96 Å². The maximum Gasteiger partial charge on any atom is 0.475 e. The molecule has 176 valence electrons. The van der Waals surface area contributed by atoms with Crippen molar-refractivity contribution >= 4 is 31.0 Å². The SMILES string of the molecule is CN=C(N)NCCC[C@H](NC(=O)/C=C/c1cccc(C)c1)C(=O)N[C@@H](CC(C)C)B(O)O. The van der Waals surface area contributed by atoms with E-state index in [9.17, 15) is 19.6 Å². The van der Waals surface area contributed by atoms with Crippen molar-refractivity contribution in [2.75, 3.05) is 13.6 Å². The highest BCUT2D eigenvalue weighted by molar-refractivity contribution is 6.43. The fourth-order valence-corrected chi connectivity index (χ4v) is 3.08. The van der Waals surface area contributed by atoms with Crippen LogP contribution in [0.1, 0.15) is 44.2 Å². The molecule has 0 saturated heterocycles. The first-order valence-corrected chi connectivity index (χ1v) is 10.8. The zero-order chi connectivity index (χ0) is 24.1. The summed E-state index contributed by atoms with van der Waals surface area (Å²) in [5.74, 6) is -1.28. The third kappa shape index (κ3) is 11.0. The summed E-state index contributed by atoms with van der Waals surface area (Å²) in [4.78, 5) is 29.1. The average Bonchev–Trinajstić information content (AvgIpc) is 2.73. The molecule has 0 spiro atoms. The number of nitrogens with zero attached hydrogens (tertiary/aromatic N) is 1. The van der Waals surface area contributed by atoms with Crippen LogP contribution < -0.4 is 21.7 Å². The number of carbonyl (C=O) groups excluding carboxylic acids is 2. The van der Waals surface area contributed by atoms with Crippen LogP contribution in [-0.4, -0.2) is 60.5 Å². The van der Waals surface area contributed by atoms with Crippen LogP contribution in [0, 0.1) is 12.8 Å². The average molecular weight is 445 g/mol. The molecule has 0 saturated carbocycles. The summed E-state index contributed by atoms with van der Waals surface area (Å²) in [5, 5.41) is 27.5. The summed E-state index contributed by atoms with van der Waals surface area (Å²) in [5.41, 5.74) is 7.56. The summed E-state index contributed by atoms with van der Waals surface area (Å²) in [7, 11) is -0.129. The highest BCUT2D eigenvalue weighted by Gasteiger charge is 2.29. The Morgan fingerprint density at radius 3 is 2.56 bits per heavy atom. The van der Waals surface area contributed by atoms with Crippen molar-refractivity contribution in [3.63, 3.8) is 0 Å². The molecule has 10 heteroatoms. The highest BCUT2D eigenvalue weighted by atomic mass is 16.4. The van der Waals surface area contributed by atoms with Crippen molar-refractivity contribution in [3.05, 3.63) is 41.5 Å². The van der Waals surface area contributed by atoms with Gasteiger partial charge in [-0.1, -0.05) is 43.7 Å². The van der Waals surface area contributed by atoms with Crippen LogP contribution >= 0.6 is 0 Å². The quantitative estimate of drug-likeness (QED) is 0.0899. The first-order chi connectivity index (χ1) is 15.1. The van der Waals surface area contributed by atoms with Crippen LogP contribution in [0.15, 0.2) is 35.3 Å². The molecule has 0 heterocycles. The molecule has 2 amide bonds. The number of nitrogens with one attached hydrogen (secondary N) is 3. The van der Waals surface area contributed by atoms with Crippen molar-refractivity contribution in [3.8, 4) is 0 Å². The Morgan fingerprint density at radius 1 is 1.25 bits per heavy atom. The lowest BCUT2D eigenvalue weighted by atomic mass is 9.75. The molecule has 0 fully saturated rings. The number of aliphatic imine (C=N–C) groups is 1. The zero-order valence-corrected chi connectivity index (χ0v) is 19.3. The van der Waals surface area contributed by atoms with Gasteiger partial charge in [-0.15, -0.1) is 0 Å². The molecule has 7 N–H and O–H groups in total. The highest BCUT2D eigenvalue weighted by Crippen LogP contribution is 2.08. The Labute approximate surface area is 190 Å². The lowest BCUT2D eigenvalue weighted by Gasteiger charge is -2.24. The summed E-state index contributed by atoms with van der Waals surface area (Å²) in [6.07, 6.45) is 4.31. The second-order valence-corrected chi connectivity index (χ2v) is 8.14. The molecule has 0 aliphatic heterocycles. The monoisotopic (exact) mass is 445 g/mol. The predicted molar refractivity (Wildman–Crippen MR) is 129 cm³/mol. The van der Waals surface area contributed by atoms with Crippen LogP contribution in [0.2, 0.25) is 0 Å². The maximum absolute atomic E-state index is 12.8. The molecule has 9 nitrogen and oxygen atoms in total. The van der Waals surface area contributed by atoms with E-state index in [0.717, 1.165) is 11.1 Å². The van der Waals surface area contributed by atoms with Crippen molar-refractivity contribution in [1.82, 2.24) is 16.0 Å². The molecule has 1 rings (SSSR count). The van der Waals surface area contributed by atoms with Gasteiger partial charge in [0.25, 0.3) is 0 Å². The van der Waals surface area contributed by atoms with Gasteiger partial charge in [-0.2, -0.15) is 0 Å². The van der Waals surface area contributed by atoms with Gasteiger partial charge in [-0.05, 0) is 43.7 Å². The lowest BCUT2D eigenvalue weighted by molar-refractivity contribution is -0.127. The number of nitrogens with two attached hydrogens (primary N) is 1. The van der Waals surface area contributed by atoms with Crippen LogP contribution in [0.3, 0.4) is 0 Å². The minimum Gasteiger partial charge on any atom is -0.426 e. The third-order valence-electron chi connectivity index (χ3n) is 4.73. The van der Waals surface area contributed by atoms with E-state index in [1.807, 2.05) is 45.0 Å². The standard InChI is InChI=1S/C22H36BN5O4/c1-15(2)13-19(23(31)32)28-21(30)18(9-6-12-26-22(24)25-4)27-20(29)11-10-17-8-5-7-16(3)14-17/h5,7-8,10-11,14-15,18-19,31-32H,6,9,12-13H2,1-4H3,(H,27,29)(H,28,30)(H3,24,25,26)/b11-10+/t18-,19-/m0/s1. The molecule has 0 unspecified atom stereocenters. The van der Waals surface area contributed by atoms with Gasteiger partial charge in [0, 0.05) is 19.7 Å². The van der Waals surface area contributed by atoms with Crippen molar-refractivity contribution in [2.45, 2.75) is 52.0 Å². The van der Waals surface area contributed by atoms with Gasteiger partial charge < -0.3 is 31.7 Å². The normalized spacial score (nSPS) is 13.7. The topological polar surface area (TPSA) is 149 Å². The van der Waals surface area contributed by atoms with E-state index in [1.165, 1.54) is 6.08 Å². The Bertz CT molecular complexity index is 798. The second-order valence-electron chi connectivity index (χ2n) is 8.14. The first kappa shape index (κ1) is 27.2. The lowest BCUT2D eigenvalue weighted by Crippen LogP contribution is -2.54. The number of aryl methyl sites for hydroxylation is 1. The van der Waals surface area contributed by atoms with E-state index >= 15 is 0 Å². The van der Waals surface area contributed by atoms with E-state index in [0.29, 0.717) is 25.8 Å². The Hall–Kier alpha value is -2.85. The largest absolute Gasteiger partial charge is 0.475 e. The second kappa shape index (κ2) is 14.3. The Morgan fingerprint density at radius 2 is 1.97 bits per heavy atom. The molecular formula is C22H36BN5O4. The molecule has 1 aromatic rings. The molecule has 0 bridgehead atoms. The summed E-state index contributed by atoms with van der Waals surface area (Å²) in [6, 6.07) is 6.84. The van der Waals surface area contributed by atoms with Crippen molar-refractivity contribution in [2.24, 2.45) is 16.6 Å². The maximum atomic E-state index is 12.8. The van der Waals surface area contributed by atoms with Crippen LogP contribution in [-0.2, 0) is 9.59 Å². The predicted octanol–water partition coefficient (Wildman–Crippen LogP) is 0.350. The summed E-state index contributed by atoms with van der Waals surface area (Å²) < 4.78 is 0. The number of amides is 2. The molecule has 0 aromatic heterocycles. The van der Waals surface area contributed by atoms with Gasteiger partial charge in [-0.3, -0.25) is 14.6 Å². The zero-order valence-electron chi connectivity index (χ0n) is 19.3. The van der Waals surface area contributed by atoms with Crippen molar-refractivity contribution < 1.29 is 19.6 Å². The van der Waals surface area contributed by atoms with E-state index < -0.39 is 30.9 Å². The van der Waals surface area contributed by atoms with Crippen LogP contribution in [0.4, 0.5) is 0 Å². The fraction of sp³-hybridized carbons (Fsp3) is 0.500. The van der Waals surface area contributed by atoms with Crippen molar-refractivity contribution in [1.29, 1.82) is 0 Å². The molecule has 0 aliphatic rings. The van der Waals surface area contributed by atoms with Gasteiger partial charge in [0.1, 0.15) is 6.04 Å². The molecular weight excluding hydrogens is 409 g/mol. The van der Waals surface area contributed by atoms with Crippen LogP contribution in [0.25, 0.3) is 6.08 Å². The summed E-state index contributed by atoms with van der Waals surface area (Å²) >= 11 is 0. The van der Waals surface area contributed by atoms with E-state index in [4.69, 9.17) is 5.73 Å². The molecule has 0 aliphatic carbocycles. The van der Waals surface area contributed by atoms with Gasteiger partial charge >= 0.3 is 7.12 Å².